The maximum atomic E-state index is 10.6. The average Bonchev–Trinajstić information content (AvgIpc) is 3.21. The molecule has 1 aromatic carbocycles. The lowest BCUT2D eigenvalue weighted by atomic mass is 9.84. The van der Waals surface area contributed by atoms with Gasteiger partial charge in [-0.2, -0.15) is 26.3 Å². The molecule has 0 bridgehead atoms. The molecule has 218 valence electrons. The Bertz CT molecular complexity index is 1090. The Balaban J connectivity index is 0.000000317. The highest BCUT2D eigenvalue weighted by molar-refractivity contribution is 5.73. The monoisotopic (exact) mass is 569 g/mol. The number of carbonyl (C=O) groups is 2. The van der Waals surface area contributed by atoms with E-state index in [-0.39, 0.29) is 5.54 Å². The summed E-state index contributed by atoms with van der Waals surface area (Å²) in [4.78, 5) is 22.7. The predicted octanol–water partition coefficient (Wildman–Crippen LogP) is 3.30. The predicted molar refractivity (Wildman–Crippen MR) is 124 cm³/mol. The van der Waals surface area contributed by atoms with Gasteiger partial charge in [0.15, 0.2) is 0 Å². The number of carboxylic acid groups (broad SMARTS) is 2. The lowest BCUT2D eigenvalue weighted by Crippen LogP contribution is -2.55. The second kappa shape index (κ2) is 12.6. The van der Waals surface area contributed by atoms with Crippen LogP contribution in [0.5, 0.6) is 5.75 Å². The molecule has 39 heavy (non-hydrogen) atoms. The van der Waals surface area contributed by atoms with Crippen molar-refractivity contribution in [1.82, 2.24) is 24.6 Å². The second-order valence-electron chi connectivity index (χ2n) is 9.13. The van der Waals surface area contributed by atoms with Crippen molar-refractivity contribution in [3.8, 4) is 5.75 Å². The van der Waals surface area contributed by atoms with Crippen LogP contribution in [0.3, 0.4) is 0 Å². The molecule has 2 aliphatic heterocycles. The van der Waals surface area contributed by atoms with Crippen LogP contribution in [0.2, 0.25) is 0 Å². The molecule has 2 aromatic rings. The summed E-state index contributed by atoms with van der Waals surface area (Å²) in [6, 6.07) is 8.42. The number of aliphatic carboxylic acids is 2. The molecule has 2 aliphatic rings. The molecular weight excluding hydrogens is 540 g/mol. The van der Waals surface area contributed by atoms with Crippen molar-refractivity contribution < 1.29 is 50.9 Å². The molecular formula is C23H29F6N5O5. The van der Waals surface area contributed by atoms with Crippen molar-refractivity contribution >= 4 is 11.9 Å². The molecule has 10 nitrogen and oxygen atoms in total. The van der Waals surface area contributed by atoms with E-state index >= 15 is 0 Å². The van der Waals surface area contributed by atoms with Gasteiger partial charge in [-0.1, -0.05) is 12.1 Å². The molecule has 0 saturated carbocycles. The molecule has 0 atom stereocenters. The number of alkyl halides is 6. The van der Waals surface area contributed by atoms with E-state index in [1.54, 1.807) is 7.11 Å². The van der Waals surface area contributed by atoms with E-state index in [1.165, 1.54) is 5.56 Å². The molecule has 0 amide bonds. The number of methoxy groups -OCH3 is 1. The number of rotatable bonds is 3. The highest BCUT2D eigenvalue weighted by atomic mass is 19.4. The van der Waals surface area contributed by atoms with Gasteiger partial charge in [-0.3, -0.25) is 9.80 Å². The fourth-order valence-electron chi connectivity index (χ4n) is 4.49. The first kappa shape index (κ1) is 31.8. The van der Waals surface area contributed by atoms with Gasteiger partial charge in [0.2, 0.25) is 0 Å². The summed E-state index contributed by atoms with van der Waals surface area (Å²) in [5.74, 6) is -2.41. The van der Waals surface area contributed by atoms with Crippen LogP contribution in [0.15, 0.2) is 24.3 Å². The molecule has 1 fully saturated rings. The first-order chi connectivity index (χ1) is 18.0. The van der Waals surface area contributed by atoms with Crippen LogP contribution in [0.4, 0.5) is 26.3 Å². The topological polar surface area (TPSA) is 121 Å². The fraction of sp³-hybridized carbons (Fsp3) is 0.565. The Hall–Kier alpha value is -3.40. The number of hydrogen-bond donors (Lipinski definition) is 2. The number of fused-ring (bicyclic) bond motifs is 2. The molecule has 4 rings (SSSR count). The molecule has 1 saturated heterocycles. The second-order valence-corrected chi connectivity index (χ2v) is 9.13. The van der Waals surface area contributed by atoms with Gasteiger partial charge in [-0.25, -0.2) is 9.59 Å². The highest BCUT2D eigenvalue weighted by Gasteiger charge is 2.43. The quantitative estimate of drug-likeness (QED) is 0.537. The number of aryl methyl sites for hydroxylation is 1. The van der Waals surface area contributed by atoms with Gasteiger partial charge in [0, 0.05) is 26.2 Å². The van der Waals surface area contributed by atoms with E-state index in [1.807, 2.05) is 12.1 Å². The summed E-state index contributed by atoms with van der Waals surface area (Å²) in [7, 11) is 3.90. The molecule has 0 aliphatic carbocycles. The van der Waals surface area contributed by atoms with Gasteiger partial charge in [0.05, 0.1) is 19.2 Å². The van der Waals surface area contributed by atoms with Gasteiger partial charge in [-0.05, 0) is 44.5 Å². The number of nitrogens with zero attached hydrogens (tertiary/aromatic N) is 5. The maximum Gasteiger partial charge on any atom is 0.490 e. The number of benzene rings is 1. The third kappa shape index (κ3) is 8.81. The number of piperidine rings is 1. The molecule has 0 unspecified atom stereocenters. The van der Waals surface area contributed by atoms with Crippen LogP contribution >= 0.6 is 0 Å². The molecule has 0 radical (unpaired) electrons. The summed E-state index contributed by atoms with van der Waals surface area (Å²) in [6.45, 7) is 7.30. The zero-order chi connectivity index (χ0) is 29.6. The SMILES string of the molecule is COc1ccc(CN2CCC3(CC2)CN(C)Cc2nnc(C)n23)cc1.O=C(O)C(F)(F)F.O=C(O)C(F)(F)F. The van der Waals surface area contributed by atoms with E-state index in [2.05, 4.69) is 50.7 Å². The maximum absolute atomic E-state index is 10.6. The number of halogens is 6. The van der Waals surface area contributed by atoms with Crippen LogP contribution in [-0.4, -0.2) is 92.9 Å². The molecule has 1 aromatic heterocycles. The van der Waals surface area contributed by atoms with Crippen LogP contribution in [-0.2, 0) is 28.2 Å². The van der Waals surface area contributed by atoms with Gasteiger partial charge in [0.25, 0.3) is 0 Å². The van der Waals surface area contributed by atoms with Crippen molar-refractivity contribution in [3.63, 3.8) is 0 Å². The lowest BCUT2D eigenvalue weighted by Gasteiger charge is -2.48. The Morgan fingerprint density at radius 3 is 1.90 bits per heavy atom. The Morgan fingerprint density at radius 1 is 0.974 bits per heavy atom. The van der Waals surface area contributed by atoms with Crippen LogP contribution in [0, 0.1) is 6.92 Å². The largest absolute Gasteiger partial charge is 0.497 e. The minimum Gasteiger partial charge on any atom is -0.497 e. The van der Waals surface area contributed by atoms with Gasteiger partial charge < -0.3 is 19.5 Å². The Morgan fingerprint density at radius 2 is 1.46 bits per heavy atom. The summed E-state index contributed by atoms with van der Waals surface area (Å²) >= 11 is 0. The van der Waals surface area contributed by atoms with Crippen molar-refractivity contribution in [3.05, 3.63) is 41.5 Å². The van der Waals surface area contributed by atoms with Crippen LogP contribution in [0.1, 0.15) is 30.1 Å². The summed E-state index contributed by atoms with van der Waals surface area (Å²) in [6.07, 6.45) is -7.86. The summed E-state index contributed by atoms with van der Waals surface area (Å²) in [5.41, 5.74) is 1.51. The lowest BCUT2D eigenvalue weighted by molar-refractivity contribution is -0.193. The van der Waals surface area contributed by atoms with Crippen molar-refractivity contribution in [2.45, 2.75) is 50.7 Å². The Kier molecular flexibility index (Phi) is 10.3. The zero-order valence-electron chi connectivity index (χ0n) is 21.4. The summed E-state index contributed by atoms with van der Waals surface area (Å²) in [5, 5.41) is 23.0. The molecule has 1 spiro atoms. The normalized spacial score (nSPS) is 17.3. The molecule has 3 heterocycles. The minimum atomic E-state index is -5.08. The molecule has 2 N–H and O–H groups in total. The number of carboxylic acids is 2. The van der Waals surface area contributed by atoms with Gasteiger partial charge in [0.1, 0.15) is 17.4 Å². The third-order valence-corrected chi connectivity index (χ3v) is 6.18. The van der Waals surface area contributed by atoms with E-state index in [0.29, 0.717) is 0 Å². The van der Waals surface area contributed by atoms with E-state index in [4.69, 9.17) is 24.5 Å². The third-order valence-electron chi connectivity index (χ3n) is 6.18. The molecule has 16 heteroatoms. The van der Waals surface area contributed by atoms with Gasteiger partial charge in [-0.15, -0.1) is 10.2 Å². The number of likely N-dealkylation sites (N-methyl/N-ethyl adjacent to an activating group) is 1. The van der Waals surface area contributed by atoms with E-state index in [0.717, 1.165) is 63.0 Å². The fourth-order valence-corrected chi connectivity index (χ4v) is 4.49. The van der Waals surface area contributed by atoms with Crippen molar-refractivity contribution in [1.29, 1.82) is 0 Å². The highest BCUT2D eigenvalue weighted by Crippen LogP contribution is 2.36. The van der Waals surface area contributed by atoms with Gasteiger partial charge >= 0.3 is 24.3 Å². The van der Waals surface area contributed by atoms with Crippen LogP contribution in [0.25, 0.3) is 0 Å². The standard InChI is InChI=1S/C19H27N5O.2C2HF3O2/c1-15-20-21-18-13-22(2)14-19(24(15)18)8-10-23(11-9-19)12-16-4-6-17(25-3)7-5-16;2*3-2(4,5)1(6)7/h4-7H,8-14H2,1-3H3;2*(H,6,7). The van der Waals surface area contributed by atoms with Crippen LogP contribution < -0.4 is 4.74 Å². The summed E-state index contributed by atoms with van der Waals surface area (Å²) < 4.78 is 71.1. The van der Waals surface area contributed by atoms with Crippen molar-refractivity contribution in [2.24, 2.45) is 0 Å². The number of ether oxygens (including phenoxy) is 1. The number of hydrogen-bond acceptors (Lipinski definition) is 7. The number of aromatic nitrogens is 3. The first-order valence-electron chi connectivity index (χ1n) is 11.5. The van der Waals surface area contributed by atoms with E-state index in [9.17, 15) is 26.3 Å². The van der Waals surface area contributed by atoms with Crippen molar-refractivity contribution in [2.75, 3.05) is 33.8 Å². The first-order valence-corrected chi connectivity index (χ1v) is 11.5. The zero-order valence-corrected chi connectivity index (χ0v) is 21.4. The average molecular weight is 570 g/mol. The number of likely N-dealkylation sites (tertiary alicyclic amines) is 1. The van der Waals surface area contributed by atoms with E-state index < -0.39 is 24.3 Å². The smallest absolute Gasteiger partial charge is 0.490 e. The minimum absolute atomic E-state index is 0.159. The Labute approximate surface area is 219 Å².